The molecule has 1 aliphatic heterocycles. The highest BCUT2D eigenvalue weighted by molar-refractivity contribution is 6.31. The summed E-state index contributed by atoms with van der Waals surface area (Å²) in [5.74, 6) is 4.56. The first-order chi connectivity index (χ1) is 14.4. The van der Waals surface area contributed by atoms with Crippen molar-refractivity contribution >= 4 is 39.7 Å². The smallest absolute Gasteiger partial charge is 0.285 e. The predicted octanol–water partition coefficient (Wildman–Crippen LogP) is 4.13. The van der Waals surface area contributed by atoms with Gasteiger partial charge in [0.05, 0.1) is 21.2 Å². The van der Waals surface area contributed by atoms with Crippen LogP contribution in [0.25, 0.3) is 10.9 Å². The van der Waals surface area contributed by atoms with Crippen molar-refractivity contribution < 1.29 is 13.7 Å². The van der Waals surface area contributed by atoms with Gasteiger partial charge in [0.25, 0.3) is 5.69 Å². The highest BCUT2D eigenvalue weighted by atomic mass is 35.5. The van der Waals surface area contributed by atoms with Crippen LogP contribution in [0.15, 0.2) is 36.7 Å². The number of nitrogens with zero attached hydrogens (tertiary/aromatic N) is 3. The third kappa shape index (κ3) is 3.87. The molecule has 1 saturated heterocycles. The Morgan fingerprint density at radius 2 is 2.17 bits per heavy atom. The summed E-state index contributed by atoms with van der Waals surface area (Å²) >= 11 is 5.80. The van der Waals surface area contributed by atoms with Crippen molar-refractivity contribution in [3.63, 3.8) is 0 Å². The molecule has 0 saturated carbocycles. The van der Waals surface area contributed by atoms with E-state index in [1.165, 1.54) is 30.6 Å². The van der Waals surface area contributed by atoms with Crippen LogP contribution in [0.1, 0.15) is 12.0 Å². The number of nitrogens with one attached hydrogen (secondary N) is 2. The molecule has 1 fully saturated rings. The normalized spacial score (nSPS) is 18.1. The molecule has 7 nitrogen and oxygen atoms in total. The fourth-order valence-corrected chi connectivity index (χ4v) is 3.29. The van der Waals surface area contributed by atoms with Crippen molar-refractivity contribution in [3.8, 4) is 11.8 Å². The van der Waals surface area contributed by atoms with Crippen molar-refractivity contribution in [2.75, 3.05) is 18.4 Å². The van der Waals surface area contributed by atoms with Gasteiger partial charge in [-0.05, 0) is 24.7 Å². The van der Waals surface area contributed by atoms with Gasteiger partial charge in [-0.15, -0.1) is 0 Å². The average molecular weight is 430 g/mol. The molecule has 0 amide bonds. The highest BCUT2D eigenvalue weighted by Crippen LogP contribution is 2.31. The molecule has 10 heteroatoms. The van der Waals surface area contributed by atoms with Crippen molar-refractivity contribution in [2.45, 2.75) is 12.1 Å². The van der Waals surface area contributed by atoms with E-state index in [1.54, 1.807) is 6.07 Å². The van der Waals surface area contributed by atoms with E-state index in [0.29, 0.717) is 12.1 Å². The summed E-state index contributed by atoms with van der Waals surface area (Å²) < 4.78 is 28.8. The first kappa shape index (κ1) is 19.9. The first-order valence-corrected chi connectivity index (χ1v) is 9.31. The highest BCUT2D eigenvalue weighted by Gasteiger charge is 2.31. The zero-order chi connectivity index (χ0) is 21.3. The van der Waals surface area contributed by atoms with Gasteiger partial charge in [0.15, 0.2) is 11.5 Å². The molecule has 30 heavy (non-hydrogen) atoms. The van der Waals surface area contributed by atoms with E-state index < -0.39 is 16.4 Å². The van der Waals surface area contributed by atoms with Crippen LogP contribution in [0.5, 0.6) is 0 Å². The van der Waals surface area contributed by atoms with Gasteiger partial charge in [0, 0.05) is 24.4 Å². The third-order valence-electron chi connectivity index (χ3n) is 4.68. The molecule has 0 aliphatic carbocycles. The number of aromatic nitrogens is 2. The fraction of sp³-hybridized carbons (Fsp3) is 0.200. The van der Waals surface area contributed by atoms with Crippen LogP contribution in [0.2, 0.25) is 5.02 Å². The lowest BCUT2D eigenvalue weighted by atomic mass is 10.0. The Kier molecular flexibility index (Phi) is 5.20. The molecule has 4 rings (SSSR count). The lowest BCUT2D eigenvalue weighted by Gasteiger charge is -2.10. The maximum absolute atomic E-state index is 14.5. The van der Waals surface area contributed by atoms with Crippen molar-refractivity contribution in [1.29, 1.82) is 0 Å². The molecular weight excluding hydrogens is 416 g/mol. The van der Waals surface area contributed by atoms with E-state index in [2.05, 4.69) is 32.4 Å². The van der Waals surface area contributed by atoms with Crippen molar-refractivity contribution in [3.05, 3.63) is 63.2 Å². The van der Waals surface area contributed by atoms with E-state index in [0.717, 1.165) is 0 Å². The molecule has 0 radical (unpaired) electrons. The van der Waals surface area contributed by atoms with E-state index in [9.17, 15) is 18.9 Å². The number of alkyl halides is 1. The van der Waals surface area contributed by atoms with Crippen LogP contribution in [-0.4, -0.2) is 33.6 Å². The van der Waals surface area contributed by atoms with Gasteiger partial charge >= 0.3 is 0 Å². The van der Waals surface area contributed by atoms with E-state index in [4.69, 9.17) is 11.6 Å². The van der Waals surface area contributed by atoms with Gasteiger partial charge < -0.3 is 10.6 Å². The Balaban J connectivity index is 1.80. The molecule has 0 bridgehead atoms. The molecule has 2 N–H and O–H groups in total. The number of rotatable bonds is 3. The van der Waals surface area contributed by atoms with Crippen LogP contribution >= 0.6 is 11.6 Å². The molecule has 0 spiro atoms. The quantitative estimate of drug-likeness (QED) is 0.369. The Bertz CT molecular complexity index is 1220. The molecule has 1 aliphatic rings. The summed E-state index contributed by atoms with van der Waals surface area (Å²) in [7, 11) is 0. The Hall–Kier alpha value is -3.35. The largest absolute Gasteiger partial charge is 0.337 e. The van der Waals surface area contributed by atoms with Crippen LogP contribution in [0, 0.1) is 27.8 Å². The number of nitro groups is 1. The minimum atomic E-state index is -1.73. The monoisotopic (exact) mass is 429 g/mol. The minimum Gasteiger partial charge on any atom is -0.337 e. The Labute approximate surface area is 174 Å². The first-order valence-electron chi connectivity index (χ1n) is 8.93. The number of fused-ring (bicyclic) bond motifs is 1. The summed E-state index contributed by atoms with van der Waals surface area (Å²) in [6.07, 6.45) is 1.44. The minimum absolute atomic E-state index is 0.0370. The number of hydrogen-bond donors (Lipinski definition) is 2. The molecular formula is C20H14ClF2N5O2. The van der Waals surface area contributed by atoms with Crippen LogP contribution in [-0.2, 0) is 0 Å². The second-order valence-corrected chi connectivity index (χ2v) is 7.14. The number of hydrogen-bond acceptors (Lipinski definition) is 6. The van der Waals surface area contributed by atoms with Crippen LogP contribution in [0.3, 0.4) is 0 Å². The summed E-state index contributed by atoms with van der Waals surface area (Å²) in [5, 5.41) is 17.5. The SMILES string of the molecule is O=[N+]([O-])c1cc2c(Nc3cccc(Cl)c3F)ncnc2cc1C#CC1(F)CCNC1. The Morgan fingerprint density at radius 1 is 1.33 bits per heavy atom. The number of nitro benzene ring substituents is 1. The number of anilines is 2. The number of halogens is 3. The van der Waals surface area contributed by atoms with E-state index in [1.807, 2.05) is 0 Å². The maximum Gasteiger partial charge on any atom is 0.285 e. The van der Waals surface area contributed by atoms with Gasteiger partial charge in [0.2, 0.25) is 0 Å². The standard InChI is InChI=1S/C20H14ClF2N5O2/c21-14-2-1-3-15(18(14)22)27-19-13-9-17(28(29)30)12(8-16(13)25-11-26-19)4-5-20(23)6-7-24-10-20/h1-3,8-9,11,24H,6-7,10H2,(H,25,26,27). The Morgan fingerprint density at radius 3 is 2.90 bits per heavy atom. The summed E-state index contributed by atoms with van der Waals surface area (Å²) in [4.78, 5) is 19.2. The zero-order valence-corrected chi connectivity index (χ0v) is 16.1. The topological polar surface area (TPSA) is 93.0 Å². The van der Waals surface area contributed by atoms with E-state index >= 15 is 0 Å². The fourth-order valence-electron chi connectivity index (χ4n) is 3.12. The van der Waals surface area contributed by atoms with E-state index in [-0.39, 0.29) is 46.1 Å². The van der Waals surface area contributed by atoms with Gasteiger partial charge in [-0.3, -0.25) is 10.1 Å². The van der Waals surface area contributed by atoms with Crippen molar-refractivity contribution in [2.24, 2.45) is 0 Å². The molecule has 1 atom stereocenters. The van der Waals surface area contributed by atoms with Crippen molar-refractivity contribution in [1.82, 2.24) is 15.3 Å². The zero-order valence-electron chi connectivity index (χ0n) is 15.4. The maximum atomic E-state index is 14.5. The van der Waals surface area contributed by atoms with Crippen LogP contribution in [0.4, 0.5) is 26.0 Å². The second kappa shape index (κ2) is 7.82. The predicted molar refractivity (Wildman–Crippen MR) is 109 cm³/mol. The van der Waals surface area contributed by atoms with Crippen LogP contribution < -0.4 is 10.6 Å². The molecule has 1 aromatic heterocycles. The molecule has 1 unspecified atom stereocenters. The molecule has 2 heterocycles. The lowest BCUT2D eigenvalue weighted by Crippen LogP contribution is -2.23. The lowest BCUT2D eigenvalue weighted by molar-refractivity contribution is -0.385. The third-order valence-corrected chi connectivity index (χ3v) is 4.97. The molecule has 152 valence electrons. The second-order valence-electron chi connectivity index (χ2n) is 6.73. The summed E-state index contributed by atoms with van der Waals surface area (Å²) in [6, 6.07) is 7.04. The average Bonchev–Trinajstić information content (AvgIpc) is 3.16. The molecule has 3 aromatic rings. The van der Waals surface area contributed by atoms with Gasteiger partial charge in [-0.2, -0.15) is 0 Å². The van der Waals surface area contributed by atoms with Gasteiger partial charge in [-0.25, -0.2) is 18.7 Å². The van der Waals surface area contributed by atoms with Gasteiger partial charge in [-0.1, -0.05) is 29.5 Å². The summed E-state index contributed by atoms with van der Waals surface area (Å²) in [5.41, 5.74) is -1.63. The molecule has 2 aromatic carbocycles. The summed E-state index contributed by atoms with van der Waals surface area (Å²) in [6.45, 7) is 0.566. The number of benzene rings is 2. The van der Waals surface area contributed by atoms with Gasteiger partial charge in [0.1, 0.15) is 17.7 Å².